The van der Waals surface area contributed by atoms with E-state index < -0.39 is 11.5 Å². The lowest BCUT2D eigenvalue weighted by atomic mass is 9.99. The number of carboxylic acids is 1. The predicted octanol–water partition coefficient (Wildman–Crippen LogP) is 2.17. The van der Waals surface area contributed by atoms with Crippen LogP contribution >= 0.6 is 0 Å². The van der Waals surface area contributed by atoms with Crippen LogP contribution in [0, 0.1) is 0 Å². The SMILES string of the molecule is COc1cccc(C=CC(=O)N2CCCC2(C)C(=O)O)c1. The van der Waals surface area contributed by atoms with Crippen molar-refractivity contribution in [3.8, 4) is 5.75 Å². The van der Waals surface area contributed by atoms with Crippen LogP contribution in [0.5, 0.6) is 5.75 Å². The van der Waals surface area contributed by atoms with Crippen LogP contribution in [-0.4, -0.2) is 41.1 Å². The number of amides is 1. The molecule has 0 radical (unpaired) electrons. The van der Waals surface area contributed by atoms with Crippen LogP contribution in [0.1, 0.15) is 25.3 Å². The van der Waals surface area contributed by atoms with E-state index >= 15 is 0 Å². The molecule has 1 aliphatic rings. The zero-order valence-electron chi connectivity index (χ0n) is 12.2. The van der Waals surface area contributed by atoms with Gasteiger partial charge in [0.25, 0.3) is 0 Å². The van der Waals surface area contributed by atoms with Gasteiger partial charge in [0.2, 0.25) is 5.91 Å². The molecule has 1 unspecified atom stereocenters. The second-order valence-corrected chi connectivity index (χ2v) is 5.28. The first-order chi connectivity index (χ1) is 9.97. The highest BCUT2D eigenvalue weighted by Gasteiger charge is 2.45. The van der Waals surface area contributed by atoms with Gasteiger partial charge in [0.1, 0.15) is 11.3 Å². The van der Waals surface area contributed by atoms with E-state index in [0.29, 0.717) is 25.1 Å². The molecule has 0 saturated carbocycles. The minimum absolute atomic E-state index is 0.278. The quantitative estimate of drug-likeness (QED) is 0.863. The van der Waals surface area contributed by atoms with Crippen LogP contribution in [0.3, 0.4) is 0 Å². The molecular weight excluding hydrogens is 270 g/mol. The van der Waals surface area contributed by atoms with Crippen LogP contribution in [0.2, 0.25) is 0 Å². The number of hydrogen-bond donors (Lipinski definition) is 1. The van der Waals surface area contributed by atoms with E-state index in [0.717, 1.165) is 5.56 Å². The first-order valence-corrected chi connectivity index (χ1v) is 6.84. The molecule has 1 aromatic carbocycles. The summed E-state index contributed by atoms with van der Waals surface area (Å²) in [5, 5.41) is 9.31. The lowest BCUT2D eigenvalue weighted by Crippen LogP contribution is -2.50. The van der Waals surface area contributed by atoms with E-state index in [1.54, 1.807) is 20.1 Å². The Kier molecular flexibility index (Phi) is 4.31. The number of ether oxygens (including phenoxy) is 1. The van der Waals surface area contributed by atoms with Gasteiger partial charge in [-0.1, -0.05) is 12.1 Å². The first-order valence-electron chi connectivity index (χ1n) is 6.84. The number of carbonyl (C=O) groups is 2. The van der Waals surface area contributed by atoms with Crippen LogP contribution in [0.25, 0.3) is 6.08 Å². The molecule has 5 nitrogen and oxygen atoms in total. The summed E-state index contributed by atoms with van der Waals surface area (Å²) in [5.41, 5.74) is -0.269. The van der Waals surface area contributed by atoms with Crippen molar-refractivity contribution in [2.24, 2.45) is 0 Å². The third-order valence-electron chi connectivity index (χ3n) is 3.88. The second kappa shape index (κ2) is 5.99. The fourth-order valence-electron chi connectivity index (χ4n) is 2.54. The van der Waals surface area contributed by atoms with Crippen molar-refractivity contribution >= 4 is 18.0 Å². The molecule has 1 aromatic rings. The fourth-order valence-corrected chi connectivity index (χ4v) is 2.54. The highest BCUT2D eigenvalue weighted by Crippen LogP contribution is 2.29. The molecule has 0 spiro atoms. The van der Waals surface area contributed by atoms with Gasteiger partial charge in [-0.3, -0.25) is 4.79 Å². The van der Waals surface area contributed by atoms with Crippen LogP contribution in [-0.2, 0) is 9.59 Å². The molecule has 1 fully saturated rings. The Balaban J connectivity index is 2.13. The molecule has 21 heavy (non-hydrogen) atoms. The van der Waals surface area contributed by atoms with Gasteiger partial charge in [0.05, 0.1) is 7.11 Å². The Hall–Kier alpha value is -2.30. The summed E-state index contributed by atoms with van der Waals surface area (Å²) in [5.74, 6) is -0.524. The molecule has 1 amide bonds. The van der Waals surface area contributed by atoms with Crippen LogP contribution in [0.4, 0.5) is 0 Å². The molecular formula is C16H19NO4. The summed E-state index contributed by atoms with van der Waals surface area (Å²) < 4.78 is 5.12. The number of likely N-dealkylation sites (tertiary alicyclic amines) is 1. The normalized spacial score (nSPS) is 21.7. The minimum atomic E-state index is -1.10. The van der Waals surface area contributed by atoms with Gasteiger partial charge in [-0.25, -0.2) is 4.79 Å². The van der Waals surface area contributed by atoms with E-state index in [1.807, 2.05) is 24.3 Å². The number of carbonyl (C=O) groups excluding carboxylic acids is 1. The Morgan fingerprint density at radius 2 is 2.19 bits per heavy atom. The molecule has 1 saturated heterocycles. The molecule has 0 aromatic heterocycles. The maximum absolute atomic E-state index is 12.2. The Bertz CT molecular complexity index is 581. The average molecular weight is 289 g/mol. The first kappa shape index (κ1) is 15.1. The summed E-state index contributed by atoms with van der Waals surface area (Å²) in [6.45, 7) is 2.07. The van der Waals surface area contributed by atoms with E-state index in [2.05, 4.69) is 0 Å². The summed E-state index contributed by atoms with van der Waals surface area (Å²) >= 11 is 0. The smallest absolute Gasteiger partial charge is 0.329 e. The van der Waals surface area contributed by atoms with Crippen molar-refractivity contribution in [1.82, 2.24) is 4.90 Å². The average Bonchev–Trinajstić information content (AvgIpc) is 2.88. The number of benzene rings is 1. The molecule has 0 bridgehead atoms. The number of aliphatic carboxylic acids is 1. The fraction of sp³-hybridized carbons (Fsp3) is 0.375. The molecule has 1 N–H and O–H groups in total. The van der Waals surface area contributed by atoms with E-state index in [4.69, 9.17) is 4.74 Å². The van der Waals surface area contributed by atoms with E-state index in [9.17, 15) is 14.7 Å². The molecule has 1 heterocycles. The second-order valence-electron chi connectivity index (χ2n) is 5.28. The maximum Gasteiger partial charge on any atom is 0.329 e. The maximum atomic E-state index is 12.2. The Labute approximate surface area is 123 Å². The Morgan fingerprint density at radius 3 is 2.86 bits per heavy atom. The van der Waals surface area contributed by atoms with Crippen molar-refractivity contribution < 1.29 is 19.4 Å². The zero-order chi connectivity index (χ0) is 15.5. The summed E-state index contributed by atoms with van der Waals surface area (Å²) in [6, 6.07) is 7.32. The Morgan fingerprint density at radius 1 is 1.43 bits per heavy atom. The number of hydrogen-bond acceptors (Lipinski definition) is 3. The third kappa shape index (κ3) is 3.07. The van der Waals surface area contributed by atoms with Gasteiger partial charge in [-0.15, -0.1) is 0 Å². The summed E-state index contributed by atoms with van der Waals surface area (Å²) in [4.78, 5) is 25.0. The van der Waals surface area contributed by atoms with Gasteiger partial charge in [0.15, 0.2) is 0 Å². The molecule has 0 aliphatic carbocycles. The van der Waals surface area contributed by atoms with Crippen molar-refractivity contribution in [2.75, 3.05) is 13.7 Å². The van der Waals surface area contributed by atoms with Crippen molar-refractivity contribution in [2.45, 2.75) is 25.3 Å². The highest BCUT2D eigenvalue weighted by atomic mass is 16.5. The summed E-state index contributed by atoms with van der Waals surface area (Å²) in [7, 11) is 1.58. The molecule has 1 atom stereocenters. The van der Waals surface area contributed by atoms with E-state index in [-0.39, 0.29) is 5.91 Å². The molecule has 5 heteroatoms. The largest absolute Gasteiger partial charge is 0.497 e. The van der Waals surface area contributed by atoms with E-state index in [1.165, 1.54) is 11.0 Å². The minimum Gasteiger partial charge on any atom is -0.497 e. The number of rotatable bonds is 4. The van der Waals surface area contributed by atoms with Crippen LogP contribution in [0.15, 0.2) is 30.3 Å². The molecule has 1 aliphatic heterocycles. The predicted molar refractivity (Wildman–Crippen MR) is 79.0 cm³/mol. The molecule has 2 rings (SSSR count). The van der Waals surface area contributed by atoms with Crippen molar-refractivity contribution in [3.05, 3.63) is 35.9 Å². The van der Waals surface area contributed by atoms with Gasteiger partial charge in [-0.05, 0) is 43.5 Å². The third-order valence-corrected chi connectivity index (χ3v) is 3.88. The van der Waals surface area contributed by atoms with Gasteiger partial charge in [0, 0.05) is 12.6 Å². The van der Waals surface area contributed by atoms with Crippen molar-refractivity contribution in [1.29, 1.82) is 0 Å². The number of nitrogens with zero attached hydrogens (tertiary/aromatic N) is 1. The standard InChI is InChI=1S/C16H19NO4/c1-16(15(19)20)9-4-10-17(16)14(18)8-7-12-5-3-6-13(11-12)21-2/h3,5-8,11H,4,9-10H2,1-2H3,(H,19,20). The van der Waals surface area contributed by atoms with Gasteiger partial charge >= 0.3 is 5.97 Å². The summed E-state index contributed by atoms with van der Waals surface area (Å²) in [6.07, 6.45) is 4.29. The number of carboxylic acid groups (broad SMARTS) is 1. The zero-order valence-corrected chi connectivity index (χ0v) is 12.2. The molecule has 112 valence electrons. The lowest BCUT2D eigenvalue weighted by Gasteiger charge is -2.30. The monoisotopic (exact) mass is 289 g/mol. The topological polar surface area (TPSA) is 66.8 Å². The number of methoxy groups -OCH3 is 1. The highest BCUT2D eigenvalue weighted by molar-refractivity contribution is 5.96. The van der Waals surface area contributed by atoms with Gasteiger partial charge in [-0.2, -0.15) is 0 Å². The van der Waals surface area contributed by atoms with Crippen molar-refractivity contribution in [3.63, 3.8) is 0 Å². The van der Waals surface area contributed by atoms with Gasteiger partial charge < -0.3 is 14.7 Å². The van der Waals surface area contributed by atoms with Crippen LogP contribution < -0.4 is 4.74 Å². The lowest BCUT2D eigenvalue weighted by molar-refractivity contribution is -0.153.